The Kier molecular flexibility index (Phi) is 14.8. The average Bonchev–Trinajstić information content (AvgIpc) is 3.31. The number of rotatable bonds is 6. The normalized spacial score (nSPS) is 26.9. The van der Waals surface area contributed by atoms with E-state index in [0.717, 1.165) is 4.90 Å². The zero-order chi connectivity index (χ0) is 28.8. The molecule has 19 heteroatoms. The first-order valence-corrected chi connectivity index (χ1v) is 12.7. The van der Waals surface area contributed by atoms with E-state index in [2.05, 4.69) is 5.32 Å². The molecule has 4 aliphatic rings. The van der Waals surface area contributed by atoms with Gasteiger partial charge in [-0.05, 0) is 37.6 Å². The maximum atomic E-state index is 12.3. The van der Waals surface area contributed by atoms with E-state index in [4.69, 9.17) is 15.6 Å². The summed E-state index contributed by atoms with van der Waals surface area (Å²) in [4.78, 5) is 60.3. The molecule has 12 N–H and O–H groups in total. The third kappa shape index (κ3) is 7.68. The zero-order valence-electron chi connectivity index (χ0n) is 23.3. The number of aliphatic carboxylic acids is 2. The van der Waals surface area contributed by atoms with Crippen LogP contribution < -0.4 is 67.5 Å². The van der Waals surface area contributed by atoms with Gasteiger partial charge < -0.3 is 62.3 Å². The fraction of sp³-hybridized carbons (Fsp3) is 0.458. The van der Waals surface area contributed by atoms with Gasteiger partial charge in [-0.1, -0.05) is 12.1 Å². The van der Waals surface area contributed by atoms with Gasteiger partial charge in [0.05, 0.1) is 19.0 Å². The number of carbonyl (C=O) groups excluding carboxylic acids is 4. The zero-order valence-corrected chi connectivity index (χ0v) is 27.3. The number of carboxylic acids is 2. The van der Waals surface area contributed by atoms with E-state index in [1.807, 2.05) is 0 Å². The number of carbonyl (C=O) groups is 5. The van der Waals surface area contributed by atoms with Crippen molar-refractivity contribution >= 4 is 41.4 Å². The number of amides is 3. The molecular formula is C24H33KN4O13S. The Hall–Kier alpha value is -2.30. The van der Waals surface area contributed by atoms with Crippen molar-refractivity contribution in [1.29, 1.82) is 0 Å². The molecule has 5 rings (SSSR count). The largest absolute Gasteiger partial charge is 1.00 e. The number of phenols is 1. The predicted octanol–water partition coefficient (Wildman–Crippen LogP) is -7.88. The van der Waals surface area contributed by atoms with Crippen LogP contribution in [0.5, 0.6) is 5.75 Å². The molecule has 4 fully saturated rings. The van der Waals surface area contributed by atoms with E-state index < -0.39 is 64.3 Å². The number of phenolic OH excluding ortho intramolecular Hbond substituents is 1. The van der Waals surface area contributed by atoms with Crippen molar-refractivity contribution < 1.29 is 117 Å². The molecule has 43 heavy (non-hydrogen) atoms. The summed E-state index contributed by atoms with van der Waals surface area (Å²) in [6.07, 6.45) is 0.918. The number of benzene rings is 1. The fourth-order valence-electron chi connectivity index (χ4n) is 4.87. The molecule has 0 aromatic heterocycles. The van der Waals surface area contributed by atoms with Crippen LogP contribution in [-0.2, 0) is 28.7 Å². The van der Waals surface area contributed by atoms with Crippen molar-refractivity contribution in [2.24, 2.45) is 5.73 Å². The summed E-state index contributed by atoms with van der Waals surface area (Å²) in [6, 6.07) is 2.03. The number of nitrogens with two attached hydrogens (primary N) is 1. The summed E-state index contributed by atoms with van der Waals surface area (Å²) < 4.78 is 4.48. The number of aliphatic hydroxyl groups excluding tert-OH is 1. The number of fused-ring (bicyclic) bond motifs is 2. The molecule has 6 atom stereocenters. The monoisotopic (exact) mass is 656 g/mol. The minimum atomic E-state index is -1.39. The number of ether oxygens (including phenoxy) is 1. The molecule has 4 saturated heterocycles. The van der Waals surface area contributed by atoms with Crippen LogP contribution in [0.15, 0.2) is 36.1 Å². The average molecular weight is 657 g/mol. The number of thioether (sulfide) groups is 1. The van der Waals surface area contributed by atoms with E-state index in [1.54, 1.807) is 13.8 Å². The van der Waals surface area contributed by atoms with Crippen molar-refractivity contribution in [1.82, 2.24) is 15.1 Å². The second-order valence-electron chi connectivity index (χ2n) is 9.74. The van der Waals surface area contributed by atoms with Gasteiger partial charge in [0.15, 0.2) is 6.23 Å². The van der Waals surface area contributed by atoms with Gasteiger partial charge in [-0.15, -0.1) is 11.8 Å². The second kappa shape index (κ2) is 15.6. The van der Waals surface area contributed by atoms with Crippen LogP contribution in [0, 0.1) is 0 Å². The third-order valence-corrected chi connectivity index (χ3v) is 8.36. The molecule has 0 bridgehead atoms. The number of nitrogens with zero attached hydrogens (tertiary/aromatic N) is 2. The Morgan fingerprint density at radius 1 is 1.19 bits per heavy atom. The number of nitrogens with one attached hydrogen (secondary N) is 1. The first kappa shape index (κ1) is 40.7. The number of hydrogen-bond donors (Lipinski definition) is 5. The van der Waals surface area contributed by atoms with Gasteiger partial charge in [0.1, 0.15) is 41.0 Å². The Labute approximate surface area is 291 Å². The molecule has 4 heterocycles. The molecule has 17 nitrogen and oxygen atoms in total. The maximum absolute atomic E-state index is 12.3. The Balaban J connectivity index is 0.000000847. The van der Waals surface area contributed by atoms with Crippen LogP contribution in [-0.4, -0.2) is 112 Å². The SMILES string of the molecule is CC1(C)S[C@@H]2[C@H](NC(=O)[C@H](N)c3ccc(O)cc3)C(=O)N2[C@H]1C(=O)O.O.O.O.O=C([O-])[C@H]1/C(=C/CO)O[C@@H]2CC(=O)N21.[K+]. The van der Waals surface area contributed by atoms with E-state index >= 15 is 0 Å². The Morgan fingerprint density at radius 3 is 2.26 bits per heavy atom. The summed E-state index contributed by atoms with van der Waals surface area (Å²) in [5.74, 6) is -3.51. The molecule has 1 aromatic rings. The quantitative estimate of drug-likeness (QED) is 0.141. The third-order valence-electron chi connectivity index (χ3n) is 6.79. The Bertz CT molecular complexity index is 1250. The van der Waals surface area contributed by atoms with Crippen LogP contribution in [0.4, 0.5) is 0 Å². The van der Waals surface area contributed by atoms with Crippen LogP contribution in [0.2, 0.25) is 0 Å². The standard InChI is InChI=1S/C16H19N3O5S.C8H9NO5.K.3H2O/c1-16(2)11(15(23)24)19-13(22)10(14(19)25-16)18-12(21)9(17)7-3-5-8(20)6-4-7;10-2-1-4-7(8(12)13)9-5(11)3-6(9)14-4;;;;/h3-6,9-11,14,20H,17H2,1-2H3,(H,18,21)(H,23,24);1,6-7,10H,2-3H2,(H,12,13);;3*1H2/q;;+1;;;/p-1/b;4-1-;;;;/t9-,10-,11+,14-;6-,7-;;;;/m11..../s1. The molecule has 0 radical (unpaired) electrons. The molecule has 0 aliphatic carbocycles. The Morgan fingerprint density at radius 2 is 1.77 bits per heavy atom. The van der Waals surface area contributed by atoms with E-state index in [-0.39, 0.29) is 98.3 Å². The molecule has 1 aromatic carbocycles. The van der Waals surface area contributed by atoms with Crippen LogP contribution in [0.25, 0.3) is 0 Å². The van der Waals surface area contributed by atoms with Crippen molar-refractivity contribution in [3.63, 3.8) is 0 Å². The molecule has 4 aliphatic heterocycles. The van der Waals surface area contributed by atoms with Gasteiger partial charge in [0, 0.05) is 4.75 Å². The van der Waals surface area contributed by atoms with Crippen LogP contribution >= 0.6 is 11.8 Å². The smallest absolute Gasteiger partial charge is 0.547 e. The summed E-state index contributed by atoms with van der Waals surface area (Å²) >= 11 is 1.35. The van der Waals surface area contributed by atoms with Gasteiger partial charge >= 0.3 is 57.4 Å². The number of aromatic hydroxyl groups is 1. The van der Waals surface area contributed by atoms with Crippen molar-refractivity contribution in [3.8, 4) is 5.75 Å². The number of carboxylic acid groups (broad SMARTS) is 2. The van der Waals surface area contributed by atoms with Crippen LogP contribution in [0.3, 0.4) is 0 Å². The topological polar surface area (TPSA) is 317 Å². The summed E-state index contributed by atoms with van der Waals surface area (Å²) in [5, 5.41) is 40.2. The summed E-state index contributed by atoms with van der Waals surface area (Å²) in [5.41, 5.74) is 6.41. The first-order chi connectivity index (χ1) is 18.3. The van der Waals surface area contributed by atoms with E-state index in [1.165, 1.54) is 47.0 Å². The molecule has 3 amide bonds. The predicted molar refractivity (Wildman–Crippen MR) is 142 cm³/mol. The molecule has 0 spiro atoms. The van der Waals surface area contributed by atoms with Gasteiger partial charge in [-0.3, -0.25) is 19.3 Å². The van der Waals surface area contributed by atoms with Crippen molar-refractivity contribution in [2.45, 2.75) is 60.8 Å². The van der Waals surface area contributed by atoms with Gasteiger partial charge in [0.25, 0.3) is 0 Å². The number of hydrogen-bond acceptors (Lipinski definition) is 11. The molecule has 0 saturated carbocycles. The van der Waals surface area contributed by atoms with E-state index in [9.17, 15) is 39.3 Å². The minimum Gasteiger partial charge on any atom is -0.547 e. The van der Waals surface area contributed by atoms with Crippen molar-refractivity contribution in [3.05, 3.63) is 41.7 Å². The van der Waals surface area contributed by atoms with E-state index in [0.29, 0.717) is 5.56 Å². The van der Waals surface area contributed by atoms with Gasteiger partial charge in [-0.25, -0.2) is 4.79 Å². The van der Waals surface area contributed by atoms with Crippen LogP contribution in [0.1, 0.15) is 31.9 Å². The minimum absolute atomic E-state index is 0. The van der Waals surface area contributed by atoms with Gasteiger partial charge in [0.2, 0.25) is 17.7 Å². The molecule has 234 valence electrons. The summed E-state index contributed by atoms with van der Waals surface area (Å²) in [6.45, 7) is 3.21. The summed E-state index contributed by atoms with van der Waals surface area (Å²) in [7, 11) is 0. The maximum Gasteiger partial charge on any atom is 1.00 e. The molecule has 0 unspecified atom stereocenters. The van der Waals surface area contributed by atoms with Crippen molar-refractivity contribution in [2.75, 3.05) is 6.61 Å². The molecular weight excluding hydrogens is 623 g/mol. The number of β-lactam (4-membered cyclic amide) rings is 2. The van der Waals surface area contributed by atoms with Gasteiger partial charge in [-0.2, -0.15) is 0 Å². The number of aliphatic hydroxyl groups is 1. The first-order valence-electron chi connectivity index (χ1n) is 11.9. The fourth-order valence-corrected chi connectivity index (χ4v) is 6.49. The second-order valence-corrected chi connectivity index (χ2v) is 11.5.